The second-order valence-electron chi connectivity index (χ2n) is 17.1. The molecule has 5 aromatic rings. The Labute approximate surface area is 384 Å². The Morgan fingerprint density at radius 3 is 1.75 bits per heavy atom. The van der Waals surface area contributed by atoms with Crippen molar-refractivity contribution >= 4 is 39.8 Å². The second kappa shape index (κ2) is 27.5. The van der Waals surface area contributed by atoms with Gasteiger partial charge in [0.05, 0.1) is 11.3 Å². The fourth-order valence-corrected chi connectivity index (χ4v) is 9.64. The lowest BCUT2D eigenvalue weighted by Gasteiger charge is -2.23. The van der Waals surface area contributed by atoms with Gasteiger partial charge in [0.2, 0.25) is 11.7 Å². The number of ketones is 1. The third kappa shape index (κ3) is 15.1. The van der Waals surface area contributed by atoms with Gasteiger partial charge in [-0.1, -0.05) is 113 Å². The number of benzene rings is 3. The maximum absolute atomic E-state index is 14.2. The van der Waals surface area contributed by atoms with Crippen molar-refractivity contribution in [2.75, 3.05) is 32.7 Å². The molecule has 0 aliphatic heterocycles. The summed E-state index contributed by atoms with van der Waals surface area (Å²) in [6.45, 7) is 4.36. The Bertz CT molecular complexity index is 2180. The molecule has 12 heteroatoms. The number of thiophene rings is 1. The van der Waals surface area contributed by atoms with E-state index in [0.717, 1.165) is 99.7 Å². The van der Waals surface area contributed by atoms with Crippen LogP contribution in [0.2, 0.25) is 0 Å². The zero-order chi connectivity index (χ0) is 45.5. The van der Waals surface area contributed by atoms with E-state index in [0.29, 0.717) is 45.1 Å². The highest BCUT2D eigenvalue weighted by Crippen LogP contribution is 2.37. The Morgan fingerprint density at radius 1 is 0.609 bits per heavy atom. The summed E-state index contributed by atoms with van der Waals surface area (Å²) in [5.41, 5.74) is 24.3. The molecule has 3 aromatic carbocycles. The average Bonchev–Trinajstić information content (AvgIpc) is 3.90. The maximum atomic E-state index is 14.2. The third-order valence-corrected chi connectivity index (χ3v) is 13.3. The van der Waals surface area contributed by atoms with Gasteiger partial charge in [0.25, 0.3) is 5.91 Å². The Morgan fingerprint density at radius 2 is 1.17 bits per heavy atom. The first-order valence-electron chi connectivity index (χ1n) is 23.8. The summed E-state index contributed by atoms with van der Waals surface area (Å²) in [6, 6.07) is 24.2. The number of aromatic nitrogens is 1. The van der Waals surface area contributed by atoms with Crippen LogP contribution in [0.3, 0.4) is 0 Å². The number of hydroxylamine groups is 1. The van der Waals surface area contributed by atoms with E-state index in [1.165, 1.54) is 75.5 Å². The number of hydrogen-bond acceptors (Lipinski definition) is 9. The van der Waals surface area contributed by atoms with Gasteiger partial charge in [0.15, 0.2) is 0 Å². The van der Waals surface area contributed by atoms with Crippen LogP contribution < -0.4 is 22.7 Å². The molecular formula is C52H72N6O5S. The molecule has 11 nitrogen and oxygen atoms in total. The summed E-state index contributed by atoms with van der Waals surface area (Å²) in [4.78, 5) is 43.7. The number of carbonyl (C=O) groups is 3. The van der Waals surface area contributed by atoms with Gasteiger partial charge in [0.1, 0.15) is 5.75 Å². The summed E-state index contributed by atoms with van der Waals surface area (Å²) in [7, 11) is 0. The van der Waals surface area contributed by atoms with Crippen molar-refractivity contribution in [3.05, 3.63) is 100 Å². The number of aryl methyl sites for hydroxylation is 1. The fourth-order valence-electron chi connectivity index (χ4n) is 8.50. The standard InChI is InChI=1S/C52H72N6O5S/c53-28-13-9-5-1-3-7-11-16-31-57(32-17-12-8-4-2-6-10-14-29-54)52(62)40-24-22-39(23-25-40)46-35-41-26-27-42(36-47(41)58(46)33-18-15-30-55)50(61)48-37-44(38-49(60)56-63)51(64-48)43-20-19-21-45(59)34-43/h19-27,34-37,59,63H,1-18,28-33,38,53-55H2,(H,56,60). The number of rotatable bonds is 31. The molecule has 0 saturated heterocycles. The van der Waals surface area contributed by atoms with Gasteiger partial charge < -0.3 is 31.8 Å². The number of amides is 2. The number of hydrogen-bond donors (Lipinski definition) is 6. The molecular weight excluding hydrogens is 821 g/mol. The first-order chi connectivity index (χ1) is 31.3. The lowest BCUT2D eigenvalue weighted by atomic mass is 10.0. The summed E-state index contributed by atoms with van der Waals surface area (Å²) >= 11 is 1.25. The molecule has 2 amide bonds. The average molecular weight is 893 g/mol. The summed E-state index contributed by atoms with van der Waals surface area (Å²) in [5.74, 6) is -0.637. The van der Waals surface area contributed by atoms with Crippen LogP contribution in [-0.2, 0) is 17.8 Å². The molecule has 0 aliphatic carbocycles. The molecule has 0 saturated carbocycles. The van der Waals surface area contributed by atoms with Crippen LogP contribution in [0.5, 0.6) is 5.75 Å². The van der Waals surface area contributed by atoms with E-state index < -0.39 is 5.91 Å². The Kier molecular flexibility index (Phi) is 21.5. The number of phenols is 1. The minimum atomic E-state index is -0.602. The molecule has 9 N–H and O–H groups in total. The maximum Gasteiger partial charge on any atom is 0.253 e. The molecule has 0 atom stereocenters. The predicted octanol–water partition coefficient (Wildman–Crippen LogP) is 10.4. The fraction of sp³-hybridized carbons (Fsp3) is 0.481. The van der Waals surface area contributed by atoms with Gasteiger partial charge >= 0.3 is 0 Å². The van der Waals surface area contributed by atoms with Gasteiger partial charge in [-0.05, 0) is 117 Å². The molecule has 0 fully saturated rings. The second-order valence-corrected chi connectivity index (χ2v) is 18.2. The number of fused-ring (bicyclic) bond motifs is 1. The quantitative estimate of drug-likeness (QED) is 0.0110. The van der Waals surface area contributed by atoms with Crippen LogP contribution >= 0.6 is 11.3 Å². The largest absolute Gasteiger partial charge is 0.508 e. The third-order valence-electron chi connectivity index (χ3n) is 12.1. The zero-order valence-corrected chi connectivity index (χ0v) is 38.7. The van der Waals surface area contributed by atoms with Crippen LogP contribution in [-0.4, -0.2) is 70.1 Å². The number of nitrogens with one attached hydrogen (secondary N) is 1. The van der Waals surface area contributed by atoms with Gasteiger partial charge in [-0.3, -0.25) is 19.6 Å². The summed E-state index contributed by atoms with van der Waals surface area (Å²) in [5, 5.41) is 20.4. The van der Waals surface area contributed by atoms with Crippen LogP contribution in [0.4, 0.5) is 0 Å². The van der Waals surface area contributed by atoms with Gasteiger partial charge in [-0.25, -0.2) is 5.48 Å². The normalized spacial score (nSPS) is 11.4. The van der Waals surface area contributed by atoms with Crippen LogP contribution in [0, 0.1) is 0 Å². The first kappa shape index (κ1) is 50.2. The molecule has 0 radical (unpaired) electrons. The van der Waals surface area contributed by atoms with Crippen LogP contribution in [0.1, 0.15) is 147 Å². The highest BCUT2D eigenvalue weighted by molar-refractivity contribution is 7.17. The van der Waals surface area contributed by atoms with Crippen molar-refractivity contribution in [1.82, 2.24) is 14.9 Å². The summed E-state index contributed by atoms with van der Waals surface area (Å²) in [6.07, 6.45) is 20.3. The van der Waals surface area contributed by atoms with Crippen molar-refractivity contribution in [3.8, 4) is 27.4 Å². The van der Waals surface area contributed by atoms with Crippen molar-refractivity contribution in [2.24, 2.45) is 17.2 Å². The molecule has 0 bridgehead atoms. The minimum Gasteiger partial charge on any atom is -0.508 e. The number of carbonyl (C=O) groups excluding carboxylic acids is 3. The predicted molar refractivity (Wildman–Crippen MR) is 262 cm³/mol. The molecule has 2 heterocycles. The molecule has 0 aliphatic rings. The molecule has 0 spiro atoms. The molecule has 64 heavy (non-hydrogen) atoms. The smallest absolute Gasteiger partial charge is 0.253 e. The van der Waals surface area contributed by atoms with Crippen molar-refractivity contribution in [2.45, 2.75) is 129 Å². The highest BCUT2D eigenvalue weighted by Gasteiger charge is 2.22. The number of nitrogens with zero attached hydrogens (tertiary/aromatic N) is 2. The number of phenolic OH excluding ortho intramolecular Hbond substituents is 1. The molecule has 346 valence electrons. The monoisotopic (exact) mass is 893 g/mol. The number of nitrogens with two attached hydrogens (primary N) is 3. The van der Waals surface area contributed by atoms with E-state index in [1.54, 1.807) is 29.7 Å². The van der Waals surface area contributed by atoms with Gasteiger partial charge in [-0.15, -0.1) is 11.3 Å². The number of aromatic hydroxyl groups is 1. The van der Waals surface area contributed by atoms with E-state index in [4.69, 9.17) is 17.2 Å². The van der Waals surface area contributed by atoms with E-state index >= 15 is 0 Å². The van der Waals surface area contributed by atoms with Gasteiger partial charge in [0, 0.05) is 52.2 Å². The Hall–Kier alpha value is -4.85. The first-order valence-corrected chi connectivity index (χ1v) is 24.6. The van der Waals surface area contributed by atoms with E-state index in [9.17, 15) is 24.7 Å². The van der Waals surface area contributed by atoms with E-state index in [2.05, 4.69) is 15.5 Å². The Balaban J connectivity index is 1.33. The van der Waals surface area contributed by atoms with Crippen LogP contribution in [0.15, 0.2) is 78.9 Å². The van der Waals surface area contributed by atoms with Gasteiger partial charge in [-0.2, -0.15) is 0 Å². The molecule has 0 unspecified atom stereocenters. The highest BCUT2D eigenvalue weighted by atomic mass is 32.1. The lowest BCUT2D eigenvalue weighted by molar-refractivity contribution is -0.128. The van der Waals surface area contributed by atoms with Crippen LogP contribution in [0.25, 0.3) is 32.6 Å². The SMILES string of the molecule is NCCCCCCCCCCN(CCCCCCCCCCN)C(=O)c1ccc(-c2cc3ccc(C(=O)c4cc(CC(=O)NO)c(-c5cccc(O)c5)s4)cc3n2CCCCN)cc1. The topological polar surface area (TPSA) is 190 Å². The van der Waals surface area contributed by atoms with Crippen molar-refractivity contribution < 1.29 is 24.7 Å². The number of unbranched alkanes of at least 4 members (excludes halogenated alkanes) is 15. The van der Waals surface area contributed by atoms with E-state index in [1.807, 2.05) is 48.5 Å². The lowest BCUT2D eigenvalue weighted by Crippen LogP contribution is -2.33. The van der Waals surface area contributed by atoms with E-state index in [-0.39, 0.29) is 23.9 Å². The molecule has 2 aromatic heterocycles. The minimum absolute atomic E-state index is 0.0692. The van der Waals surface area contributed by atoms with Crippen molar-refractivity contribution in [3.63, 3.8) is 0 Å². The summed E-state index contributed by atoms with van der Waals surface area (Å²) < 4.78 is 2.24. The zero-order valence-electron chi connectivity index (χ0n) is 37.8. The molecule has 5 rings (SSSR count). The van der Waals surface area contributed by atoms with Crippen molar-refractivity contribution in [1.29, 1.82) is 0 Å².